The Hall–Kier alpha value is -4.26. The fourth-order valence-corrected chi connectivity index (χ4v) is 3.06. The molecule has 0 aliphatic rings. The van der Waals surface area contributed by atoms with E-state index in [0.717, 1.165) is 22.2 Å². The minimum atomic E-state index is -0.434. The van der Waals surface area contributed by atoms with Crippen LogP contribution in [0.3, 0.4) is 0 Å². The summed E-state index contributed by atoms with van der Waals surface area (Å²) in [5.41, 5.74) is 5.57. The average Bonchev–Trinajstić information content (AvgIpc) is 3.15. The van der Waals surface area contributed by atoms with Crippen LogP contribution < -0.4 is 0 Å². The van der Waals surface area contributed by atoms with Gasteiger partial charge in [0.25, 0.3) is 5.69 Å². The minimum Gasteiger partial charge on any atom is -0.507 e. The monoisotopic (exact) mass is 413 g/mol. The van der Waals surface area contributed by atoms with Crippen molar-refractivity contribution < 1.29 is 14.4 Å². The zero-order valence-electron chi connectivity index (χ0n) is 16.9. The van der Waals surface area contributed by atoms with Gasteiger partial charge in [0.15, 0.2) is 5.58 Å². The number of hydrogen-bond acceptors (Lipinski definition) is 6. The lowest BCUT2D eigenvalue weighted by Crippen LogP contribution is -1.86. The number of nitro benzene ring substituents is 1. The molecular weight excluding hydrogens is 394 g/mol. The van der Waals surface area contributed by atoms with Crippen molar-refractivity contribution in [1.82, 2.24) is 4.98 Å². The maximum absolute atomic E-state index is 10.7. The SMILES string of the molecule is Cc1cc2nc(-c3cc(N=C/C=C/c4ccc([N+](=O)[O-])cc4)ccc3O)oc2cc1C. The maximum Gasteiger partial charge on any atom is 0.269 e. The van der Waals surface area contributed by atoms with Crippen molar-refractivity contribution in [3.05, 3.63) is 87.5 Å². The summed E-state index contributed by atoms with van der Waals surface area (Å²) in [5, 5.41) is 21.0. The lowest BCUT2D eigenvalue weighted by molar-refractivity contribution is -0.384. The van der Waals surface area contributed by atoms with E-state index in [1.165, 1.54) is 12.1 Å². The summed E-state index contributed by atoms with van der Waals surface area (Å²) in [6.45, 7) is 4.02. The first kappa shape index (κ1) is 20.0. The second-order valence-electron chi connectivity index (χ2n) is 7.11. The van der Waals surface area contributed by atoms with Crippen LogP contribution in [0, 0.1) is 24.0 Å². The molecule has 0 radical (unpaired) electrons. The number of phenols is 1. The fourth-order valence-electron chi connectivity index (χ4n) is 3.06. The van der Waals surface area contributed by atoms with E-state index in [-0.39, 0.29) is 11.4 Å². The van der Waals surface area contributed by atoms with Gasteiger partial charge in [-0.1, -0.05) is 6.08 Å². The van der Waals surface area contributed by atoms with Crippen LogP contribution in [0.15, 0.2) is 70.1 Å². The Labute approximate surface area is 178 Å². The normalized spacial score (nSPS) is 11.7. The highest BCUT2D eigenvalue weighted by atomic mass is 16.6. The Balaban J connectivity index is 1.55. The number of hydrogen-bond donors (Lipinski definition) is 1. The van der Waals surface area contributed by atoms with Crippen molar-refractivity contribution in [2.75, 3.05) is 0 Å². The predicted octanol–water partition coefficient (Wildman–Crippen LogP) is 6.14. The average molecular weight is 413 g/mol. The van der Waals surface area contributed by atoms with Gasteiger partial charge in [-0.05, 0) is 79.1 Å². The van der Waals surface area contributed by atoms with Gasteiger partial charge in [-0.25, -0.2) is 4.98 Å². The second kappa shape index (κ2) is 8.23. The number of phenolic OH excluding ortho intramolecular Hbond substituents is 1. The third-order valence-corrected chi connectivity index (χ3v) is 4.92. The smallest absolute Gasteiger partial charge is 0.269 e. The topological polar surface area (TPSA) is 102 Å². The number of rotatable bonds is 5. The maximum atomic E-state index is 10.7. The molecule has 3 aromatic carbocycles. The first-order valence-corrected chi connectivity index (χ1v) is 9.57. The number of aromatic hydroxyl groups is 1. The molecule has 0 saturated heterocycles. The molecule has 1 heterocycles. The highest BCUT2D eigenvalue weighted by Crippen LogP contribution is 2.34. The van der Waals surface area contributed by atoms with Gasteiger partial charge in [0.05, 0.1) is 16.2 Å². The molecule has 0 amide bonds. The summed E-state index contributed by atoms with van der Waals surface area (Å²) < 4.78 is 5.85. The molecule has 4 rings (SSSR count). The van der Waals surface area contributed by atoms with Gasteiger partial charge in [-0.15, -0.1) is 0 Å². The number of nitro groups is 1. The summed E-state index contributed by atoms with van der Waals surface area (Å²) in [6.07, 6.45) is 5.13. The van der Waals surface area contributed by atoms with E-state index in [1.807, 2.05) is 26.0 Å². The summed E-state index contributed by atoms with van der Waals surface area (Å²) >= 11 is 0. The van der Waals surface area contributed by atoms with E-state index in [4.69, 9.17) is 4.42 Å². The summed E-state index contributed by atoms with van der Waals surface area (Å²) in [7, 11) is 0. The zero-order valence-corrected chi connectivity index (χ0v) is 16.9. The molecule has 0 aliphatic carbocycles. The molecule has 0 saturated carbocycles. The van der Waals surface area contributed by atoms with Crippen LogP contribution in [0.25, 0.3) is 28.6 Å². The van der Waals surface area contributed by atoms with E-state index in [0.29, 0.717) is 22.7 Å². The number of aliphatic imine (C=N–C) groups is 1. The number of aryl methyl sites for hydroxylation is 2. The van der Waals surface area contributed by atoms with Gasteiger partial charge in [-0.3, -0.25) is 15.1 Å². The lowest BCUT2D eigenvalue weighted by Gasteiger charge is -2.01. The van der Waals surface area contributed by atoms with Crippen LogP contribution in [-0.2, 0) is 0 Å². The Morgan fingerprint density at radius 1 is 1.06 bits per heavy atom. The van der Waals surface area contributed by atoms with Crippen LogP contribution >= 0.6 is 0 Å². The molecular formula is C24H19N3O4. The molecule has 0 unspecified atom stereocenters. The molecule has 1 N–H and O–H groups in total. The molecule has 31 heavy (non-hydrogen) atoms. The van der Waals surface area contributed by atoms with Gasteiger partial charge in [0, 0.05) is 18.3 Å². The molecule has 4 aromatic rings. The third kappa shape index (κ3) is 4.35. The molecule has 7 nitrogen and oxygen atoms in total. The molecule has 154 valence electrons. The van der Waals surface area contributed by atoms with Crippen molar-refractivity contribution >= 4 is 34.8 Å². The number of oxazole rings is 1. The van der Waals surface area contributed by atoms with E-state index in [9.17, 15) is 15.2 Å². The molecule has 0 bridgehead atoms. The van der Waals surface area contributed by atoms with Crippen molar-refractivity contribution in [3.8, 4) is 17.2 Å². The number of allylic oxidation sites excluding steroid dienone is 1. The van der Waals surface area contributed by atoms with Crippen LogP contribution in [-0.4, -0.2) is 21.2 Å². The molecule has 7 heteroatoms. The van der Waals surface area contributed by atoms with Crippen LogP contribution in [0.4, 0.5) is 11.4 Å². The largest absolute Gasteiger partial charge is 0.507 e. The van der Waals surface area contributed by atoms with Gasteiger partial charge in [-0.2, -0.15) is 0 Å². The number of non-ortho nitro benzene ring substituents is 1. The van der Waals surface area contributed by atoms with Gasteiger partial charge >= 0.3 is 0 Å². The zero-order chi connectivity index (χ0) is 22.0. The van der Waals surface area contributed by atoms with Crippen LogP contribution in [0.2, 0.25) is 0 Å². The Kier molecular flexibility index (Phi) is 5.32. The van der Waals surface area contributed by atoms with E-state index >= 15 is 0 Å². The van der Waals surface area contributed by atoms with E-state index < -0.39 is 4.92 Å². The molecule has 0 aliphatic heterocycles. The van der Waals surface area contributed by atoms with Crippen LogP contribution in [0.5, 0.6) is 5.75 Å². The van der Waals surface area contributed by atoms with Crippen molar-refractivity contribution in [2.45, 2.75) is 13.8 Å². The Morgan fingerprint density at radius 2 is 1.81 bits per heavy atom. The number of fused-ring (bicyclic) bond motifs is 1. The van der Waals surface area contributed by atoms with E-state index in [1.54, 1.807) is 48.7 Å². The molecule has 0 fully saturated rings. The lowest BCUT2D eigenvalue weighted by atomic mass is 10.1. The third-order valence-electron chi connectivity index (χ3n) is 4.92. The Morgan fingerprint density at radius 3 is 2.55 bits per heavy atom. The summed E-state index contributed by atoms with van der Waals surface area (Å²) in [4.78, 5) is 19.1. The number of benzene rings is 3. The van der Waals surface area contributed by atoms with E-state index in [2.05, 4.69) is 9.98 Å². The van der Waals surface area contributed by atoms with Crippen molar-refractivity contribution in [1.29, 1.82) is 0 Å². The van der Waals surface area contributed by atoms with Gasteiger partial charge < -0.3 is 9.52 Å². The number of nitrogens with zero attached hydrogens (tertiary/aromatic N) is 3. The highest BCUT2D eigenvalue weighted by Gasteiger charge is 2.14. The fraction of sp³-hybridized carbons (Fsp3) is 0.0833. The van der Waals surface area contributed by atoms with Gasteiger partial charge in [0.1, 0.15) is 11.3 Å². The second-order valence-corrected chi connectivity index (χ2v) is 7.11. The molecule has 0 spiro atoms. The van der Waals surface area contributed by atoms with Crippen LogP contribution in [0.1, 0.15) is 16.7 Å². The quantitative estimate of drug-likeness (QED) is 0.240. The van der Waals surface area contributed by atoms with Crippen molar-refractivity contribution in [3.63, 3.8) is 0 Å². The molecule has 1 aromatic heterocycles. The first-order valence-electron chi connectivity index (χ1n) is 9.57. The first-order chi connectivity index (χ1) is 14.9. The summed E-state index contributed by atoms with van der Waals surface area (Å²) in [5.74, 6) is 0.386. The standard InChI is InChI=1S/C24H19N3O4/c1-15-12-21-23(13-16(15)2)31-24(26-21)20-14-18(7-10-22(20)28)25-11-3-4-17-5-8-19(9-6-17)27(29)30/h3-14,28H,1-2H3/b4-3+,25-11?. The van der Waals surface area contributed by atoms with Gasteiger partial charge in [0.2, 0.25) is 5.89 Å². The number of aromatic nitrogens is 1. The summed E-state index contributed by atoms with van der Waals surface area (Å²) in [6, 6.07) is 15.1. The highest BCUT2D eigenvalue weighted by molar-refractivity contribution is 5.82. The minimum absolute atomic E-state index is 0.0481. The Bertz CT molecular complexity index is 1300. The molecule has 0 atom stereocenters. The predicted molar refractivity (Wildman–Crippen MR) is 121 cm³/mol. The van der Waals surface area contributed by atoms with Crippen molar-refractivity contribution in [2.24, 2.45) is 4.99 Å².